The van der Waals surface area contributed by atoms with Crippen molar-refractivity contribution in [3.05, 3.63) is 199 Å². The number of amides is 3. The number of nitrogens with zero attached hydrogens (tertiary/aromatic N) is 9. The molecule has 0 N–H and O–H groups in total. The second-order valence-corrected chi connectivity index (χ2v) is 17.9. The average Bonchev–Trinajstić information content (AvgIpc) is 4.24. The molecule has 0 saturated heterocycles. The van der Waals surface area contributed by atoms with Gasteiger partial charge in [0.25, 0.3) is 17.7 Å². The zero-order valence-corrected chi connectivity index (χ0v) is 40.3. The summed E-state index contributed by atoms with van der Waals surface area (Å²) in [7, 11) is 4.95. The molecule has 15 nitrogen and oxygen atoms in total. The third kappa shape index (κ3) is 7.32. The van der Waals surface area contributed by atoms with Crippen molar-refractivity contribution < 1.29 is 27.6 Å². The third-order valence-corrected chi connectivity index (χ3v) is 13.6. The van der Waals surface area contributed by atoms with Crippen molar-refractivity contribution in [2.45, 2.75) is 0 Å². The van der Waals surface area contributed by atoms with E-state index in [1.807, 2.05) is 127 Å². The highest BCUT2D eigenvalue weighted by molar-refractivity contribution is 6.24. The molecular weight excluding hydrogens is 943 g/mol. The van der Waals surface area contributed by atoms with E-state index in [1.165, 1.54) is 32.9 Å². The zero-order chi connectivity index (χ0) is 50.9. The molecule has 3 amide bonds. The molecule has 0 unspecified atom stereocenters. The fourth-order valence-electron chi connectivity index (χ4n) is 10.0. The lowest BCUT2D eigenvalue weighted by Crippen LogP contribution is -2.31. The number of rotatable bonds is 9. The topological polar surface area (TPSA) is 178 Å². The lowest BCUT2D eigenvalue weighted by molar-refractivity contribution is 0.0992. The maximum absolute atomic E-state index is 15.3. The van der Waals surface area contributed by atoms with Gasteiger partial charge in [0.1, 0.15) is 16.7 Å². The summed E-state index contributed by atoms with van der Waals surface area (Å²) in [5.74, 6) is -1.51. The first-order valence-corrected chi connectivity index (χ1v) is 23.9. The van der Waals surface area contributed by atoms with Crippen LogP contribution in [0.15, 0.2) is 196 Å². The van der Waals surface area contributed by atoms with Crippen LogP contribution in [0, 0.1) is 0 Å². The predicted molar refractivity (Wildman–Crippen MR) is 289 cm³/mol. The second-order valence-electron chi connectivity index (χ2n) is 17.9. The van der Waals surface area contributed by atoms with Gasteiger partial charge in [-0.25, -0.2) is 15.0 Å². The molecule has 0 aliphatic carbocycles. The summed E-state index contributed by atoms with van der Waals surface area (Å²) in [6.45, 7) is 0. The van der Waals surface area contributed by atoms with Gasteiger partial charge in [0.15, 0.2) is 0 Å². The van der Waals surface area contributed by atoms with Gasteiger partial charge in [-0.15, -0.1) is 0 Å². The lowest BCUT2D eigenvalue weighted by Gasteiger charge is -2.23. The van der Waals surface area contributed by atoms with Crippen molar-refractivity contribution in [1.82, 2.24) is 29.9 Å². The number of hydrogen-bond donors (Lipinski definition) is 0. The molecule has 75 heavy (non-hydrogen) atoms. The van der Waals surface area contributed by atoms with Gasteiger partial charge < -0.3 is 28.0 Å². The summed E-state index contributed by atoms with van der Waals surface area (Å²) >= 11 is 0. The van der Waals surface area contributed by atoms with E-state index in [0.717, 1.165) is 0 Å². The van der Waals surface area contributed by atoms with Gasteiger partial charge >= 0.3 is 0 Å². The van der Waals surface area contributed by atoms with Crippen LogP contribution in [0.4, 0.5) is 17.1 Å². The van der Waals surface area contributed by atoms with Crippen LogP contribution in [0.3, 0.4) is 0 Å². The molecule has 15 heteroatoms. The number of benzene rings is 4. The molecule has 13 aromatic rings. The molecule has 9 aromatic heterocycles. The van der Waals surface area contributed by atoms with Gasteiger partial charge in [0, 0.05) is 91.7 Å². The summed E-state index contributed by atoms with van der Waals surface area (Å²) in [5, 5.41) is 3.98. The van der Waals surface area contributed by atoms with Crippen LogP contribution in [-0.2, 0) is 0 Å². The van der Waals surface area contributed by atoms with Crippen molar-refractivity contribution >= 4 is 101 Å². The summed E-state index contributed by atoms with van der Waals surface area (Å²) in [6.07, 6.45) is 10.1. The first-order valence-electron chi connectivity index (χ1n) is 23.9. The lowest BCUT2D eigenvalue weighted by atomic mass is 10.00. The predicted octanol–water partition coefficient (Wildman–Crippen LogP) is 12.6. The molecule has 360 valence electrons. The minimum atomic E-state index is -0.503. The second kappa shape index (κ2) is 17.7. The van der Waals surface area contributed by atoms with Gasteiger partial charge in [-0.1, -0.05) is 18.2 Å². The Balaban J connectivity index is 0.959. The Bertz CT molecular complexity index is 3980. The van der Waals surface area contributed by atoms with Crippen molar-refractivity contribution in [2.75, 3.05) is 35.8 Å². The van der Waals surface area contributed by atoms with Gasteiger partial charge in [0.2, 0.25) is 17.1 Å². The van der Waals surface area contributed by atoms with Crippen LogP contribution in [0.2, 0.25) is 0 Å². The summed E-state index contributed by atoms with van der Waals surface area (Å²) in [4.78, 5) is 77.7. The number of pyridine rings is 6. The molecule has 0 aliphatic rings. The highest BCUT2D eigenvalue weighted by Gasteiger charge is 2.29. The largest absolute Gasteiger partial charge is 0.437 e. The van der Waals surface area contributed by atoms with Crippen molar-refractivity contribution in [1.29, 1.82) is 0 Å². The van der Waals surface area contributed by atoms with Crippen molar-refractivity contribution in [3.8, 4) is 33.8 Å². The Kier molecular flexibility index (Phi) is 10.5. The van der Waals surface area contributed by atoms with Gasteiger partial charge in [-0.05, 0) is 127 Å². The van der Waals surface area contributed by atoms with Crippen LogP contribution < -0.4 is 14.7 Å². The normalized spacial score (nSPS) is 11.6. The van der Waals surface area contributed by atoms with E-state index in [-0.39, 0.29) is 16.7 Å². The van der Waals surface area contributed by atoms with E-state index >= 15 is 14.4 Å². The maximum Gasteiger partial charge on any atom is 0.258 e. The van der Waals surface area contributed by atoms with Crippen molar-refractivity contribution in [2.24, 2.45) is 0 Å². The third-order valence-electron chi connectivity index (χ3n) is 13.6. The molecule has 0 aliphatic heterocycles. The Morgan fingerprint density at radius 1 is 0.347 bits per heavy atom. The molecule has 13 rings (SSSR count). The molecule has 0 fully saturated rings. The first kappa shape index (κ1) is 44.5. The van der Waals surface area contributed by atoms with Crippen LogP contribution in [0.25, 0.3) is 100.0 Å². The van der Waals surface area contributed by atoms with Crippen LogP contribution in [0.5, 0.6) is 0 Å². The molecular formula is C60H39N9O6. The van der Waals surface area contributed by atoms with Gasteiger partial charge in [-0.3, -0.25) is 29.3 Å². The van der Waals surface area contributed by atoms with Gasteiger partial charge in [0.05, 0.1) is 66.5 Å². The molecule has 0 bridgehead atoms. The van der Waals surface area contributed by atoms with Gasteiger partial charge in [-0.2, -0.15) is 0 Å². The average molecular weight is 982 g/mol. The Labute approximate surface area is 426 Å². The highest BCUT2D eigenvalue weighted by Crippen LogP contribution is 2.44. The summed E-state index contributed by atoms with van der Waals surface area (Å²) in [6, 6.07) is 43.6. The van der Waals surface area contributed by atoms with Crippen LogP contribution in [0.1, 0.15) is 31.1 Å². The number of carbonyl (C=O) groups is 3. The summed E-state index contributed by atoms with van der Waals surface area (Å²) in [5.41, 5.74) is 8.55. The quantitative estimate of drug-likeness (QED) is 0.134. The number of fused-ring (bicyclic) bond motifs is 9. The molecule has 4 aromatic carbocycles. The number of furan rings is 3. The number of hydrogen-bond acceptors (Lipinski definition) is 12. The summed E-state index contributed by atoms with van der Waals surface area (Å²) < 4.78 is 19.2. The zero-order valence-electron chi connectivity index (χ0n) is 40.3. The van der Waals surface area contributed by atoms with E-state index in [0.29, 0.717) is 117 Å². The standard InChI is InChI=1S/C60H39N9O6/c1-67(46-22-19-37(43-16-4-7-25-61-43)52-49(46)40-13-10-28-64-55(40)73-52)58(70)34-31-35(59(71)68(2)47-23-20-38(44-17-5-8-26-62-44)53-50(47)41-14-11-29-65-56(41)74-53)33-36(32-34)60(72)69(3)48-24-21-39(45-18-6-9-27-63-45)54-51(48)42-15-12-30-66-57(42)75-54/h4-33H,1-3H3. The van der Waals surface area contributed by atoms with Crippen LogP contribution in [-0.4, -0.2) is 68.8 Å². The van der Waals surface area contributed by atoms with Crippen molar-refractivity contribution in [3.63, 3.8) is 0 Å². The number of carbonyl (C=O) groups excluding carboxylic acids is 3. The maximum atomic E-state index is 15.3. The fraction of sp³-hybridized carbons (Fsp3) is 0.0500. The minimum Gasteiger partial charge on any atom is -0.437 e. The molecule has 0 atom stereocenters. The monoisotopic (exact) mass is 981 g/mol. The van der Waals surface area contributed by atoms with E-state index in [2.05, 4.69) is 29.9 Å². The molecule has 0 spiro atoms. The molecule has 0 saturated carbocycles. The van der Waals surface area contributed by atoms with E-state index in [1.54, 1.807) is 58.3 Å². The Morgan fingerprint density at radius 3 is 0.920 bits per heavy atom. The fourth-order valence-corrected chi connectivity index (χ4v) is 10.0. The molecule has 0 radical (unpaired) electrons. The highest BCUT2D eigenvalue weighted by atomic mass is 16.3. The number of anilines is 3. The first-order chi connectivity index (χ1) is 36.7. The van der Waals surface area contributed by atoms with Crippen LogP contribution >= 0.6 is 0 Å². The SMILES string of the molecule is CN(C(=O)c1cc(C(=O)N(C)c2ccc(-c3ccccn3)c3oc4ncccc4c23)cc(C(=O)N(C)c2ccc(-c3ccccn3)c3oc4ncccc4c23)c1)c1ccc(-c2ccccn2)c2oc3ncccc3c12. The Hall–Kier alpha value is -10.4. The number of aromatic nitrogens is 6. The van der Waals surface area contributed by atoms with E-state index in [9.17, 15) is 0 Å². The van der Waals surface area contributed by atoms with E-state index < -0.39 is 17.7 Å². The smallest absolute Gasteiger partial charge is 0.258 e. The Morgan fingerprint density at radius 2 is 0.640 bits per heavy atom. The van der Waals surface area contributed by atoms with E-state index in [4.69, 9.17) is 13.3 Å². The minimum absolute atomic E-state index is 0.0728. The molecule has 9 heterocycles.